The summed E-state index contributed by atoms with van der Waals surface area (Å²) in [6, 6.07) is 7.99. The van der Waals surface area contributed by atoms with Gasteiger partial charge in [0.25, 0.3) is 0 Å². The van der Waals surface area contributed by atoms with Crippen molar-refractivity contribution in [3.63, 3.8) is 0 Å². The van der Waals surface area contributed by atoms with Crippen molar-refractivity contribution in [1.29, 1.82) is 5.26 Å². The molecule has 0 fully saturated rings. The van der Waals surface area contributed by atoms with E-state index in [4.69, 9.17) is 15.7 Å². The van der Waals surface area contributed by atoms with Crippen LogP contribution in [0.2, 0.25) is 0 Å². The first-order valence-corrected chi connectivity index (χ1v) is 6.14. The van der Waals surface area contributed by atoms with E-state index in [0.29, 0.717) is 5.69 Å². The van der Waals surface area contributed by atoms with Crippen molar-refractivity contribution in [2.45, 2.75) is 20.4 Å². The van der Waals surface area contributed by atoms with Crippen LogP contribution in [0, 0.1) is 17.2 Å². The normalized spacial score (nSPS) is 12.2. The number of nitrogen functional groups attached to an aromatic ring is 1. The first-order valence-electron chi connectivity index (χ1n) is 6.14. The van der Waals surface area contributed by atoms with E-state index < -0.39 is 0 Å². The fourth-order valence-corrected chi connectivity index (χ4v) is 1.89. The van der Waals surface area contributed by atoms with Crippen LogP contribution in [0.5, 0.6) is 5.75 Å². The molecule has 0 amide bonds. The van der Waals surface area contributed by atoms with Crippen molar-refractivity contribution >= 4 is 5.69 Å². The molecule has 18 heavy (non-hydrogen) atoms. The van der Waals surface area contributed by atoms with Crippen LogP contribution in [-0.4, -0.2) is 25.1 Å². The van der Waals surface area contributed by atoms with Crippen molar-refractivity contribution in [2.24, 2.45) is 5.92 Å². The Balaban J connectivity index is 2.75. The number of benzene rings is 1. The molecule has 0 aliphatic carbocycles. The van der Waals surface area contributed by atoms with Crippen LogP contribution in [0.4, 0.5) is 5.69 Å². The van der Waals surface area contributed by atoms with Gasteiger partial charge in [-0.3, -0.25) is 4.90 Å². The molecule has 1 aromatic rings. The Labute approximate surface area is 109 Å². The second kappa shape index (κ2) is 6.87. The van der Waals surface area contributed by atoms with Crippen molar-refractivity contribution in [3.8, 4) is 11.8 Å². The first kappa shape index (κ1) is 14.3. The van der Waals surface area contributed by atoms with Crippen LogP contribution in [0.1, 0.15) is 19.4 Å². The number of nitrogens with two attached hydrogens (primary N) is 1. The fourth-order valence-electron chi connectivity index (χ4n) is 1.89. The van der Waals surface area contributed by atoms with E-state index in [9.17, 15) is 0 Å². The number of anilines is 1. The van der Waals surface area contributed by atoms with Crippen molar-refractivity contribution < 1.29 is 4.74 Å². The molecule has 1 aromatic carbocycles. The predicted octanol–water partition coefficient (Wildman–Crippen LogP) is 2.26. The highest BCUT2D eigenvalue weighted by Gasteiger charge is 2.09. The molecular weight excluding hydrogens is 226 g/mol. The molecule has 0 saturated carbocycles. The lowest BCUT2D eigenvalue weighted by Gasteiger charge is -2.22. The summed E-state index contributed by atoms with van der Waals surface area (Å²) >= 11 is 0. The van der Waals surface area contributed by atoms with Gasteiger partial charge in [-0.2, -0.15) is 5.26 Å². The molecule has 2 N–H and O–H groups in total. The Morgan fingerprint density at radius 2 is 2.17 bits per heavy atom. The highest BCUT2D eigenvalue weighted by molar-refractivity contribution is 5.47. The summed E-state index contributed by atoms with van der Waals surface area (Å²) in [7, 11) is 1.63. The lowest BCUT2D eigenvalue weighted by Crippen LogP contribution is -2.27. The minimum absolute atomic E-state index is 0.0351. The molecule has 0 aromatic heterocycles. The second-order valence-corrected chi connectivity index (χ2v) is 4.47. The van der Waals surface area contributed by atoms with Gasteiger partial charge < -0.3 is 10.5 Å². The number of methoxy groups -OCH3 is 1. The van der Waals surface area contributed by atoms with Gasteiger partial charge in [0.1, 0.15) is 5.75 Å². The molecular formula is C14H21N3O. The number of rotatable bonds is 6. The van der Waals surface area contributed by atoms with Crippen LogP contribution in [0.3, 0.4) is 0 Å². The molecule has 0 aliphatic heterocycles. The van der Waals surface area contributed by atoms with Gasteiger partial charge in [0.2, 0.25) is 0 Å². The standard InChI is InChI=1S/C14H21N3O/c1-4-17(9-11(2)8-15)10-12-5-13(16)7-14(6-12)18-3/h5-7,11H,4,9-10,16H2,1-3H3. The number of hydrogen-bond acceptors (Lipinski definition) is 4. The maximum atomic E-state index is 8.85. The molecule has 0 saturated heterocycles. The van der Waals surface area contributed by atoms with E-state index in [1.54, 1.807) is 13.2 Å². The first-order chi connectivity index (χ1) is 8.58. The Kier molecular flexibility index (Phi) is 5.47. The van der Waals surface area contributed by atoms with Gasteiger partial charge in [-0.15, -0.1) is 0 Å². The molecule has 0 spiro atoms. The summed E-state index contributed by atoms with van der Waals surface area (Å²) in [5.41, 5.74) is 7.64. The molecule has 1 unspecified atom stereocenters. The number of nitriles is 1. The molecule has 4 nitrogen and oxygen atoms in total. The minimum atomic E-state index is 0.0351. The van der Waals surface area contributed by atoms with Crippen molar-refractivity contribution in [2.75, 3.05) is 25.9 Å². The highest BCUT2D eigenvalue weighted by Crippen LogP contribution is 2.20. The molecule has 4 heteroatoms. The Morgan fingerprint density at radius 1 is 1.44 bits per heavy atom. The van der Waals surface area contributed by atoms with Crippen LogP contribution in [0.25, 0.3) is 0 Å². The van der Waals surface area contributed by atoms with E-state index in [1.807, 2.05) is 19.1 Å². The lowest BCUT2D eigenvalue weighted by atomic mass is 10.1. The van der Waals surface area contributed by atoms with Crippen LogP contribution in [0.15, 0.2) is 18.2 Å². The lowest BCUT2D eigenvalue weighted by molar-refractivity contribution is 0.260. The average molecular weight is 247 g/mol. The smallest absolute Gasteiger partial charge is 0.121 e. The van der Waals surface area contributed by atoms with E-state index >= 15 is 0 Å². The SMILES string of the molecule is CCN(Cc1cc(N)cc(OC)c1)CC(C)C#N. The van der Waals surface area contributed by atoms with Gasteiger partial charge in [-0.25, -0.2) is 0 Å². The summed E-state index contributed by atoms with van der Waals surface area (Å²) in [6.45, 7) is 6.48. The third kappa shape index (κ3) is 4.27. The quantitative estimate of drug-likeness (QED) is 0.783. The van der Waals surface area contributed by atoms with E-state index in [0.717, 1.165) is 30.9 Å². The van der Waals surface area contributed by atoms with Gasteiger partial charge >= 0.3 is 0 Å². The summed E-state index contributed by atoms with van der Waals surface area (Å²) in [5.74, 6) is 0.808. The number of ether oxygens (including phenoxy) is 1. The van der Waals surface area contributed by atoms with Gasteiger partial charge in [0.15, 0.2) is 0 Å². The average Bonchev–Trinajstić information content (AvgIpc) is 2.36. The maximum Gasteiger partial charge on any atom is 0.121 e. The summed E-state index contributed by atoms with van der Waals surface area (Å²) in [5, 5.41) is 8.85. The summed E-state index contributed by atoms with van der Waals surface area (Å²) in [4.78, 5) is 2.22. The third-order valence-corrected chi connectivity index (χ3v) is 2.83. The summed E-state index contributed by atoms with van der Waals surface area (Å²) < 4.78 is 5.20. The topological polar surface area (TPSA) is 62.3 Å². The van der Waals surface area contributed by atoms with Gasteiger partial charge in [0, 0.05) is 24.8 Å². The van der Waals surface area contributed by atoms with Crippen LogP contribution in [-0.2, 0) is 6.54 Å². The van der Waals surface area contributed by atoms with Gasteiger partial charge in [-0.1, -0.05) is 6.92 Å². The van der Waals surface area contributed by atoms with Gasteiger partial charge in [0.05, 0.1) is 19.1 Å². The Hall–Kier alpha value is -1.73. The van der Waals surface area contributed by atoms with E-state index in [2.05, 4.69) is 17.9 Å². The molecule has 98 valence electrons. The Bertz CT molecular complexity index is 426. The highest BCUT2D eigenvalue weighted by atomic mass is 16.5. The number of hydrogen-bond donors (Lipinski definition) is 1. The molecule has 1 rings (SSSR count). The molecule has 0 heterocycles. The second-order valence-electron chi connectivity index (χ2n) is 4.47. The van der Waals surface area contributed by atoms with Crippen LogP contribution < -0.4 is 10.5 Å². The van der Waals surface area contributed by atoms with Crippen molar-refractivity contribution in [1.82, 2.24) is 4.90 Å². The zero-order chi connectivity index (χ0) is 13.5. The van der Waals surface area contributed by atoms with Gasteiger partial charge in [-0.05, 0) is 31.2 Å². The van der Waals surface area contributed by atoms with Crippen LogP contribution >= 0.6 is 0 Å². The zero-order valence-corrected chi connectivity index (χ0v) is 11.3. The Morgan fingerprint density at radius 3 is 2.72 bits per heavy atom. The zero-order valence-electron chi connectivity index (χ0n) is 11.3. The largest absolute Gasteiger partial charge is 0.497 e. The van der Waals surface area contributed by atoms with E-state index in [-0.39, 0.29) is 5.92 Å². The molecule has 1 atom stereocenters. The number of nitrogens with zero attached hydrogens (tertiary/aromatic N) is 2. The minimum Gasteiger partial charge on any atom is -0.497 e. The predicted molar refractivity (Wildman–Crippen MR) is 73.1 cm³/mol. The molecule has 0 aliphatic rings. The fraction of sp³-hybridized carbons (Fsp3) is 0.500. The monoisotopic (exact) mass is 247 g/mol. The molecule has 0 bridgehead atoms. The van der Waals surface area contributed by atoms with Crippen molar-refractivity contribution in [3.05, 3.63) is 23.8 Å². The van der Waals surface area contributed by atoms with E-state index in [1.165, 1.54) is 0 Å². The third-order valence-electron chi connectivity index (χ3n) is 2.83. The molecule has 0 radical (unpaired) electrons. The maximum absolute atomic E-state index is 8.85. The summed E-state index contributed by atoms with van der Waals surface area (Å²) in [6.07, 6.45) is 0.